The minimum atomic E-state index is -0.482. The molecule has 17 heavy (non-hydrogen) atoms. The second-order valence-electron chi connectivity index (χ2n) is 3.92. The number of allylic oxidation sites excluding steroid dienone is 3. The van der Waals surface area contributed by atoms with E-state index < -0.39 is 5.60 Å². The minimum Gasteiger partial charge on any atom is -0.365 e. The van der Waals surface area contributed by atoms with Crippen molar-refractivity contribution in [2.75, 3.05) is 7.11 Å². The molecule has 1 rings (SSSR count). The van der Waals surface area contributed by atoms with Crippen LogP contribution in [0.5, 0.6) is 0 Å². The number of methoxy groups -OCH3 is 1. The molecule has 0 aromatic carbocycles. The van der Waals surface area contributed by atoms with Gasteiger partial charge in [-0.15, -0.1) is 6.42 Å². The molecule has 1 aliphatic carbocycles. The lowest BCUT2D eigenvalue weighted by Crippen LogP contribution is -2.28. The molecule has 0 radical (unpaired) electrons. The first-order valence-electron chi connectivity index (χ1n) is 5.59. The third-order valence-electron chi connectivity index (χ3n) is 2.85. The van der Waals surface area contributed by atoms with Crippen molar-refractivity contribution in [1.82, 2.24) is 0 Å². The minimum absolute atomic E-state index is 0.482. The normalized spacial score (nSPS) is 24.1. The molecule has 0 aromatic rings. The predicted octanol–water partition coefficient (Wildman–Crippen LogP) is 2.26. The van der Waals surface area contributed by atoms with E-state index in [1.54, 1.807) is 19.3 Å². The van der Waals surface area contributed by atoms with Crippen LogP contribution in [0.4, 0.5) is 0 Å². The predicted molar refractivity (Wildman–Crippen MR) is 68.1 cm³/mol. The number of carbonyl (C=O) groups is 1. The Hall–Kier alpha value is -1.77. The second-order valence-corrected chi connectivity index (χ2v) is 3.92. The quantitative estimate of drug-likeness (QED) is 0.535. The van der Waals surface area contributed by atoms with Crippen LogP contribution in [0, 0.1) is 24.2 Å². The van der Waals surface area contributed by atoms with Gasteiger partial charge in [0.1, 0.15) is 11.9 Å². The summed E-state index contributed by atoms with van der Waals surface area (Å²) in [7, 11) is 1.65. The summed E-state index contributed by atoms with van der Waals surface area (Å²) in [6, 6.07) is 0. The fourth-order valence-corrected chi connectivity index (χ4v) is 1.80. The number of aldehydes is 1. The van der Waals surface area contributed by atoms with Gasteiger partial charge in [0.2, 0.25) is 0 Å². The van der Waals surface area contributed by atoms with Gasteiger partial charge in [-0.05, 0) is 37.0 Å². The van der Waals surface area contributed by atoms with E-state index in [0.717, 1.165) is 31.1 Å². The smallest absolute Gasteiger partial charge is 0.145 e. The van der Waals surface area contributed by atoms with Crippen LogP contribution < -0.4 is 0 Å². The van der Waals surface area contributed by atoms with Gasteiger partial charge in [0, 0.05) is 13.5 Å². The van der Waals surface area contributed by atoms with Gasteiger partial charge in [-0.2, -0.15) is 0 Å². The molecule has 0 aromatic heterocycles. The lowest BCUT2D eigenvalue weighted by atomic mass is 9.95. The van der Waals surface area contributed by atoms with E-state index in [2.05, 4.69) is 17.8 Å². The molecule has 1 aliphatic rings. The zero-order chi connectivity index (χ0) is 12.6. The van der Waals surface area contributed by atoms with Crippen molar-refractivity contribution in [3.05, 3.63) is 23.8 Å². The summed E-state index contributed by atoms with van der Waals surface area (Å²) >= 11 is 0. The Morgan fingerprint density at radius 2 is 2.35 bits per heavy atom. The summed E-state index contributed by atoms with van der Waals surface area (Å²) in [6.45, 7) is 0. The average Bonchev–Trinajstić information content (AvgIpc) is 2.58. The zero-order valence-corrected chi connectivity index (χ0v) is 10.0. The number of rotatable bonds is 2. The summed E-state index contributed by atoms with van der Waals surface area (Å²) in [5.74, 6) is 8.36. The maximum Gasteiger partial charge on any atom is 0.145 e. The van der Waals surface area contributed by atoms with E-state index in [-0.39, 0.29) is 0 Å². The monoisotopic (exact) mass is 228 g/mol. The number of hydrogen-bond acceptors (Lipinski definition) is 2. The standard InChI is InChI=1S/C15H16O2/c1-3-4-5-6-10-15(17-2)11-7-8-14(13-16)9-12-15/h1,4-5,9,13H,7-8,11-12H2,2H3/b5-4-. The molecule has 0 saturated heterocycles. The van der Waals surface area contributed by atoms with E-state index in [1.165, 1.54) is 0 Å². The maximum atomic E-state index is 10.7. The van der Waals surface area contributed by atoms with Gasteiger partial charge < -0.3 is 4.74 Å². The number of hydrogen-bond donors (Lipinski definition) is 0. The van der Waals surface area contributed by atoms with E-state index in [0.29, 0.717) is 6.42 Å². The lowest BCUT2D eigenvalue weighted by Gasteiger charge is -2.24. The van der Waals surface area contributed by atoms with Crippen molar-refractivity contribution in [3.63, 3.8) is 0 Å². The topological polar surface area (TPSA) is 26.3 Å². The van der Waals surface area contributed by atoms with Gasteiger partial charge in [0.05, 0.1) is 0 Å². The fraction of sp³-hybridized carbons (Fsp3) is 0.400. The van der Waals surface area contributed by atoms with E-state index >= 15 is 0 Å². The summed E-state index contributed by atoms with van der Waals surface area (Å²) in [4.78, 5) is 10.7. The molecular formula is C15H16O2. The molecule has 0 spiro atoms. The van der Waals surface area contributed by atoms with Gasteiger partial charge in [-0.1, -0.05) is 23.8 Å². The summed E-state index contributed by atoms with van der Waals surface area (Å²) in [5.41, 5.74) is 0.355. The molecule has 0 saturated carbocycles. The van der Waals surface area contributed by atoms with Crippen molar-refractivity contribution in [2.45, 2.75) is 31.3 Å². The van der Waals surface area contributed by atoms with Crippen molar-refractivity contribution in [3.8, 4) is 24.2 Å². The largest absolute Gasteiger partial charge is 0.365 e. The lowest BCUT2D eigenvalue weighted by molar-refractivity contribution is -0.105. The molecule has 0 heterocycles. The van der Waals surface area contributed by atoms with Gasteiger partial charge in [0.25, 0.3) is 0 Å². The Balaban J connectivity index is 2.84. The highest BCUT2D eigenvalue weighted by Gasteiger charge is 2.27. The Morgan fingerprint density at radius 3 is 3.00 bits per heavy atom. The molecule has 88 valence electrons. The second kappa shape index (κ2) is 6.74. The van der Waals surface area contributed by atoms with Crippen LogP contribution in [0.2, 0.25) is 0 Å². The molecule has 0 bridgehead atoms. The summed E-state index contributed by atoms with van der Waals surface area (Å²) < 4.78 is 5.51. The Labute approximate surface area is 103 Å². The van der Waals surface area contributed by atoms with Crippen molar-refractivity contribution in [1.29, 1.82) is 0 Å². The van der Waals surface area contributed by atoms with Gasteiger partial charge in [-0.25, -0.2) is 0 Å². The van der Waals surface area contributed by atoms with Crippen LogP contribution in [0.25, 0.3) is 0 Å². The van der Waals surface area contributed by atoms with Gasteiger partial charge in [0.15, 0.2) is 0 Å². The highest BCUT2D eigenvalue weighted by Crippen LogP contribution is 2.28. The fourth-order valence-electron chi connectivity index (χ4n) is 1.80. The Morgan fingerprint density at radius 1 is 1.53 bits per heavy atom. The third-order valence-corrected chi connectivity index (χ3v) is 2.85. The molecule has 0 aliphatic heterocycles. The number of ether oxygens (including phenoxy) is 1. The molecule has 0 amide bonds. The van der Waals surface area contributed by atoms with E-state index in [1.807, 2.05) is 6.08 Å². The molecule has 2 nitrogen and oxygen atoms in total. The summed E-state index contributed by atoms with van der Waals surface area (Å²) in [6.07, 6.45) is 14.3. The number of carbonyl (C=O) groups excluding carboxylic acids is 1. The number of terminal acetylenes is 1. The SMILES string of the molecule is C#C/C=C\C#CC1(OC)CC=C(C=O)CCC1. The van der Waals surface area contributed by atoms with Crippen LogP contribution in [0.1, 0.15) is 25.7 Å². The molecule has 2 heteroatoms. The first kappa shape index (κ1) is 13.3. The molecular weight excluding hydrogens is 212 g/mol. The van der Waals surface area contributed by atoms with Crippen LogP contribution >= 0.6 is 0 Å². The summed E-state index contributed by atoms with van der Waals surface area (Å²) in [5, 5.41) is 0. The highest BCUT2D eigenvalue weighted by molar-refractivity contribution is 5.73. The Kier molecular flexibility index (Phi) is 5.27. The highest BCUT2D eigenvalue weighted by atomic mass is 16.5. The van der Waals surface area contributed by atoms with Gasteiger partial charge in [-0.3, -0.25) is 4.79 Å². The third kappa shape index (κ3) is 3.94. The van der Waals surface area contributed by atoms with Crippen molar-refractivity contribution < 1.29 is 9.53 Å². The molecule has 1 atom stereocenters. The average molecular weight is 228 g/mol. The van der Waals surface area contributed by atoms with Crippen LogP contribution in [-0.2, 0) is 9.53 Å². The maximum absolute atomic E-state index is 10.7. The van der Waals surface area contributed by atoms with E-state index in [9.17, 15) is 4.79 Å². The molecule has 1 unspecified atom stereocenters. The first-order chi connectivity index (χ1) is 8.26. The van der Waals surface area contributed by atoms with Crippen LogP contribution in [0.15, 0.2) is 23.8 Å². The molecule has 0 N–H and O–H groups in total. The first-order valence-corrected chi connectivity index (χ1v) is 5.59. The zero-order valence-electron chi connectivity index (χ0n) is 10.0. The Bertz CT molecular complexity index is 426. The van der Waals surface area contributed by atoms with Crippen LogP contribution in [0.3, 0.4) is 0 Å². The van der Waals surface area contributed by atoms with Crippen molar-refractivity contribution in [2.24, 2.45) is 0 Å². The molecule has 0 fully saturated rings. The van der Waals surface area contributed by atoms with Crippen molar-refractivity contribution >= 4 is 6.29 Å². The van der Waals surface area contributed by atoms with Crippen LogP contribution in [-0.4, -0.2) is 19.0 Å². The van der Waals surface area contributed by atoms with E-state index in [4.69, 9.17) is 11.2 Å². The van der Waals surface area contributed by atoms with Gasteiger partial charge >= 0.3 is 0 Å².